The third kappa shape index (κ3) is 3.79. The van der Waals surface area contributed by atoms with Gasteiger partial charge in [-0.3, -0.25) is 4.79 Å². The van der Waals surface area contributed by atoms with E-state index in [1.165, 1.54) is 6.92 Å². The molecule has 0 radical (unpaired) electrons. The molecule has 3 N–H and O–H groups in total. The molecule has 0 spiro atoms. The molecule has 0 fully saturated rings. The van der Waals surface area contributed by atoms with Crippen molar-refractivity contribution >= 4 is 17.4 Å². The van der Waals surface area contributed by atoms with Crippen LogP contribution in [0.3, 0.4) is 0 Å². The minimum absolute atomic E-state index is 0.0619. The molecule has 0 aromatic heterocycles. The number of hydrogen-bond donors (Lipinski definition) is 2. The number of fused-ring (bicyclic) bond motifs is 2. The Kier molecular flexibility index (Phi) is 5.56. The van der Waals surface area contributed by atoms with Gasteiger partial charge in [0.2, 0.25) is 0 Å². The lowest BCUT2D eigenvalue weighted by atomic mass is 9.90. The number of carbonyl (C=O) groups is 2. The zero-order valence-electron chi connectivity index (χ0n) is 14.0. The second-order valence-corrected chi connectivity index (χ2v) is 5.41. The third-order valence-electron chi connectivity index (χ3n) is 3.51. The van der Waals surface area contributed by atoms with Crippen LogP contribution in [0.2, 0.25) is 0 Å². The first-order valence-corrected chi connectivity index (χ1v) is 7.56. The van der Waals surface area contributed by atoms with Crippen LogP contribution in [0.25, 0.3) is 5.57 Å². The molecule has 1 aliphatic heterocycles. The van der Waals surface area contributed by atoms with Crippen molar-refractivity contribution in [2.75, 3.05) is 0 Å². The van der Waals surface area contributed by atoms with Gasteiger partial charge in [0.15, 0.2) is 0 Å². The number of rotatable bonds is 2. The maximum atomic E-state index is 11.6. The molecule has 1 aliphatic rings. The van der Waals surface area contributed by atoms with Crippen LogP contribution >= 0.6 is 0 Å². The van der Waals surface area contributed by atoms with Gasteiger partial charge in [0, 0.05) is 22.3 Å². The topological polar surface area (TPSA) is 113 Å². The lowest BCUT2D eigenvalue weighted by Gasteiger charge is -2.23. The Morgan fingerprint density at radius 3 is 1.85 bits per heavy atom. The van der Waals surface area contributed by atoms with Crippen LogP contribution < -0.4 is 10.5 Å². The fourth-order valence-electron chi connectivity index (χ4n) is 2.29. The molecule has 3 rings (SSSR count). The summed E-state index contributed by atoms with van der Waals surface area (Å²) in [6.07, 6.45) is 0. The van der Waals surface area contributed by atoms with Crippen molar-refractivity contribution in [2.24, 2.45) is 5.73 Å². The highest BCUT2D eigenvalue weighted by Gasteiger charge is 2.26. The van der Waals surface area contributed by atoms with E-state index in [9.17, 15) is 14.9 Å². The molecule has 0 saturated carbocycles. The smallest absolute Gasteiger partial charge is 0.330 e. The van der Waals surface area contributed by atoms with E-state index < -0.39 is 11.9 Å². The van der Waals surface area contributed by atoms with Crippen molar-refractivity contribution < 1.29 is 19.4 Å². The summed E-state index contributed by atoms with van der Waals surface area (Å²) in [5.74, 6) is -0.464. The Morgan fingerprint density at radius 1 is 1.08 bits per heavy atom. The van der Waals surface area contributed by atoms with Gasteiger partial charge in [0.25, 0.3) is 5.91 Å². The molecule has 2 aromatic carbocycles. The van der Waals surface area contributed by atoms with E-state index in [0.717, 1.165) is 0 Å². The molecule has 26 heavy (non-hydrogen) atoms. The molecule has 130 valence electrons. The van der Waals surface area contributed by atoms with E-state index >= 15 is 0 Å². The Labute approximate surface area is 150 Å². The maximum Gasteiger partial charge on any atom is 0.330 e. The second-order valence-electron chi connectivity index (χ2n) is 5.41. The number of nitriles is 1. The van der Waals surface area contributed by atoms with Gasteiger partial charge >= 0.3 is 5.97 Å². The van der Waals surface area contributed by atoms with Crippen LogP contribution in [0.1, 0.15) is 18.1 Å². The molecule has 2 aromatic rings. The van der Waals surface area contributed by atoms with Gasteiger partial charge < -0.3 is 15.6 Å². The summed E-state index contributed by atoms with van der Waals surface area (Å²) in [5.41, 5.74) is 7.36. The van der Waals surface area contributed by atoms with Gasteiger partial charge in [-0.05, 0) is 19.1 Å². The summed E-state index contributed by atoms with van der Waals surface area (Å²) in [7, 11) is 0. The predicted octanol–water partition coefficient (Wildman–Crippen LogP) is 3.25. The zero-order valence-corrected chi connectivity index (χ0v) is 14.0. The quantitative estimate of drug-likeness (QED) is 0.545. The number of carboxylic acids is 1. The number of nitrogens with zero attached hydrogens (tertiary/aromatic N) is 1. The Morgan fingerprint density at radius 2 is 1.50 bits per heavy atom. The second kappa shape index (κ2) is 7.81. The normalized spacial score (nSPS) is 10.7. The molecule has 1 amide bonds. The molecule has 0 saturated heterocycles. The van der Waals surface area contributed by atoms with Crippen molar-refractivity contribution in [3.63, 3.8) is 0 Å². The van der Waals surface area contributed by atoms with Crippen molar-refractivity contribution in [1.29, 1.82) is 5.26 Å². The summed E-state index contributed by atoms with van der Waals surface area (Å²) in [6.45, 7) is 4.60. The zero-order chi connectivity index (χ0) is 19.3. The Hall–Kier alpha value is -3.85. The van der Waals surface area contributed by atoms with Crippen LogP contribution in [-0.4, -0.2) is 17.0 Å². The lowest BCUT2D eigenvalue weighted by Crippen LogP contribution is -2.16. The minimum Gasteiger partial charge on any atom is -0.478 e. The van der Waals surface area contributed by atoms with Gasteiger partial charge in [-0.25, -0.2) is 4.79 Å². The fourth-order valence-corrected chi connectivity index (χ4v) is 2.29. The largest absolute Gasteiger partial charge is 0.478 e. The minimum atomic E-state index is -0.935. The molecule has 0 aliphatic carbocycles. The number of carbonyl (C=O) groups excluding carboxylic acids is 1. The van der Waals surface area contributed by atoms with Crippen LogP contribution in [0.15, 0.2) is 66.3 Å². The number of hydrogen-bond acceptors (Lipinski definition) is 4. The summed E-state index contributed by atoms with van der Waals surface area (Å²) in [4.78, 5) is 21.1. The van der Waals surface area contributed by atoms with E-state index in [0.29, 0.717) is 28.2 Å². The number of carboxylic acid groups (broad SMARTS) is 1. The molecular weight excluding hydrogens is 332 g/mol. The summed E-state index contributed by atoms with van der Waals surface area (Å²) in [5, 5.41) is 17.1. The highest BCUT2D eigenvalue weighted by atomic mass is 16.5. The number of amides is 1. The molecule has 6 heteroatoms. The number of benzene rings is 2. The first-order chi connectivity index (χ1) is 12.4. The van der Waals surface area contributed by atoms with Gasteiger partial charge in [-0.1, -0.05) is 43.0 Å². The molecule has 1 heterocycles. The fraction of sp³-hybridized carbons (Fsp3) is 0.0500. The Balaban J connectivity index is 0.000000352. The number of para-hydroxylation sites is 2. The molecule has 0 bridgehead atoms. The van der Waals surface area contributed by atoms with E-state index in [-0.39, 0.29) is 11.1 Å². The molecule has 0 unspecified atom stereocenters. The monoisotopic (exact) mass is 348 g/mol. The van der Waals surface area contributed by atoms with Gasteiger partial charge in [-0.15, -0.1) is 0 Å². The van der Waals surface area contributed by atoms with E-state index in [1.807, 2.05) is 30.3 Å². The standard InChI is InChI=1S/C16H10N2O2.C4H6O2/c17-9-12(16(18)19)15-10-5-1-3-7-13(10)20-14-8-4-2-6-11(14)15;1-3(2)4(5)6/h1-8H,(H2,18,19);1H2,2H3,(H,5,6). The molecule has 0 atom stereocenters. The third-order valence-corrected chi connectivity index (χ3v) is 3.51. The van der Waals surface area contributed by atoms with E-state index in [4.69, 9.17) is 15.6 Å². The number of ether oxygens (including phenoxy) is 1. The van der Waals surface area contributed by atoms with Gasteiger partial charge in [-0.2, -0.15) is 5.26 Å². The summed E-state index contributed by atoms with van der Waals surface area (Å²) in [6, 6.07) is 16.4. The van der Waals surface area contributed by atoms with Crippen LogP contribution in [0.4, 0.5) is 0 Å². The maximum absolute atomic E-state index is 11.6. The first-order valence-electron chi connectivity index (χ1n) is 7.56. The van der Waals surface area contributed by atoms with Crippen molar-refractivity contribution in [3.05, 3.63) is 77.4 Å². The summed E-state index contributed by atoms with van der Waals surface area (Å²) >= 11 is 0. The van der Waals surface area contributed by atoms with Gasteiger partial charge in [0.1, 0.15) is 23.1 Å². The Bertz CT molecular complexity index is 908. The van der Waals surface area contributed by atoms with Gasteiger partial charge in [0.05, 0.1) is 0 Å². The van der Waals surface area contributed by atoms with Crippen LogP contribution in [0, 0.1) is 11.3 Å². The predicted molar refractivity (Wildman–Crippen MR) is 96.2 cm³/mol. The van der Waals surface area contributed by atoms with Crippen LogP contribution in [0.5, 0.6) is 11.5 Å². The molecule has 6 nitrogen and oxygen atoms in total. The number of nitrogens with two attached hydrogens (primary N) is 1. The van der Waals surface area contributed by atoms with E-state index in [2.05, 4.69) is 6.58 Å². The van der Waals surface area contributed by atoms with Crippen molar-refractivity contribution in [1.82, 2.24) is 0 Å². The first kappa shape index (κ1) is 18.5. The lowest BCUT2D eigenvalue weighted by molar-refractivity contribution is -0.132. The number of primary amides is 1. The highest BCUT2D eigenvalue weighted by molar-refractivity contribution is 6.09. The average molecular weight is 348 g/mol. The van der Waals surface area contributed by atoms with Crippen LogP contribution in [-0.2, 0) is 9.59 Å². The summed E-state index contributed by atoms with van der Waals surface area (Å²) < 4.78 is 5.79. The molecular formula is C20H16N2O4. The SMILES string of the molecule is C=C(C)C(=O)O.N#CC(C(N)=O)=C1c2ccccc2Oc2ccccc21. The average Bonchev–Trinajstić information content (AvgIpc) is 2.62. The van der Waals surface area contributed by atoms with E-state index in [1.54, 1.807) is 24.3 Å². The van der Waals surface area contributed by atoms with Crippen molar-refractivity contribution in [3.8, 4) is 17.6 Å². The number of aliphatic carboxylic acids is 1. The van der Waals surface area contributed by atoms with Crippen molar-refractivity contribution in [2.45, 2.75) is 6.92 Å². The highest BCUT2D eigenvalue weighted by Crippen LogP contribution is 2.44.